The Kier molecular flexibility index (Phi) is 4.74. The zero-order valence-corrected chi connectivity index (χ0v) is 10.3. The number of carbonyl (C=O) groups is 1. The fourth-order valence-electron chi connectivity index (χ4n) is 2.20. The summed E-state index contributed by atoms with van der Waals surface area (Å²) >= 11 is 0. The number of nitrogens with one attached hydrogen (secondary N) is 1. The second-order valence-electron chi connectivity index (χ2n) is 5.15. The van der Waals surface area contributed by atoms with Crippen LogP contribution in [0.25, 0.3) is 0 Å². The lowest BCUT2D eigenvalue weighted by Gasteiger charge is -2.30. The van der Waals surface area contributed by atoms with Crippen molar-refractivity contribution >= 4 is 5.91 Å². The largest absolute Gasteiger partial charge is 0.393 e. The van der Waals surface area contributed by atoms with E-state index in [1.54, 1.807) is 6.92 Å². The van der Waals surface area contributed by atoms with Crippen molar-refractivity contribution in [2.45, 2.75) is 70.1 Å². The average molecular weight is 228 g/mol. The van der Waals surface area contributed by atoms with Gasteiger partial charge in [0, 0.05) is 6.04 Å². The maximum absolute atomic E-state index is 11.9. The van der Waals surface area contributed by atoms with E-state index in [4.69, 9.17) is 5.73 Å². The molecule has 0 aliphatic heterocycles. The van der Waals surface area contributed by atoms with Crippen LogP contribution in [0.2, 0.25) is 0 Å². The van der Waals surface area contributed by atoms with Gasteiger partial charge in [0.2, 0.25) is 5.91 Å². The van der Waals surface area contributed by atoms with Gasteiger partial charge in [-0.25, -0.2) is 0 Å². The maximum atomic E-state index is 11.9. The normalized spacial score (nSPS) is 29.5. The second kappa shape index (κ2) is 5.64. The molecule has 16 heavy (non-hydrogen) atoms. The molecule has 1 unspecified atom stereocenters. The summed E-state index contributed by atoms with van der Waals surface area (Å²) < 4.78 is 0. The van der Waals surface area contributed by atoms with Gasteiger partial charge < -0.3 is 16.2 Å². The highest BCUT2D eigenvalue weighted by Crippen LogP contribution is 2.19. The number of nitrogens with two attached hydrogens (primary N) is 1. The van der Waals surface area contributed by atoms with Crippen molar-refractivity contribution < 1.29 is 9.90 Å². The Morgan fingerprint density at radius 2 is 2.00 bits per heavy atom. The molecule has 1 amide bonds. The summed E-state index contributed by atoms with van der Waals surface area (Å²) in [6.07, 6.45) is 4.69. The second-order valence-corrected chi connectivity index (χ2v) is 5.15. The average Bonchev–Trinajstić information content (AvgIpc) is 2.21. The minimum atomic E-state index is -0.759. The molecule has 0 aromatic rings. The van der Waals surface area contributed by atoms with Crippen LogP contribution in [-0.4, -0.2) is 28.7 Å². The predicted molar refractivity (Wildman–Crippen MR) is 63.9 cm³/mol. The van der Waals surface area contributed by atoms with Crippen molar-refractivity contribution in [2.75, 3.05) is 0 Å². The van der Waals surface area contributed by atoms with Crippen molar-refractivity contribution in [1.82, 2.24) is 5.32 Å². The molecule has 4 heteroatoms. The van der Waals surface area contributed by atoms with Gasteiger partial charge in [-0.15, -0.1) is 0 Å². The molecule has 0 spiro atoms. The van der Waals surface area contributed by atoms with Crippen molar-refractivity contribution in [3.63, 3.8) is 0 Å². The molecule has 1 rings (SSSR count). The van der Waals surface area contributed by atoms with E-state index in [1.165, 1.54) is 0 Å². The van der Waals surface area contributed by atoms with E-state index >= 15 is 0 Å². The van der Waals surface area contributed by atoms with Crippen LogP contribution < -0.4 is 11.1 Å². The van der Waals surface area contributed by atoms with E-state index in [2.05, 4.69) is 5.32 Å². The van der Waals surface area contributed by atoms with Gasteiger partial charge in [0.25, 0.3) is 0 Å². The van der Waals surface area contributed by atoms with E-state index in [0.717, 1.165) is 32.1 Å². The summed E-state index contributed by atoms with van der Waals surface area (Å²) in [5, 5.41) is 12.4. The number of rotatable bonds is 4. The lowest BCUT2D eigenvalue weighted by Crippen LogP contribution is -2.54. The number of hydrogen-bond donors (Lipinski definition) is 3. The number of carbonyl (C=O) groups excluding carboxylic acids is 1. The Bertz CT molecular complexity index is 233. The first-order valence-electron chi connectivity index (χ1n) is 6.23. The monoisotopic (exact) mass is 228 g/mol. The van der Waals surface area contributed by atoms with Crippen LogP contribution in [0.1, 0.15) is 52.4 Å². The topological polar surface area (TPSA) is 75.4 Å². The Balaban J connectivity index is 2.39. The van der Waals surface area contributed by atoms with Crippen LogP contribution in [0.4, 0.5) is 0 Å². The Hall–Kier alpha value is -0.610. The molecule has 1 atom stereocenters. The van der Waals surface area contributed by atoms with Crippen LogP contribution in [0.15, 0.2) is 0 Å². The molecular formula is C12H24N2O2. The molecule has 0 heterocycles. The van der Waals surface area contributed by atoms with Gasteiger partial charge in [0.05, 0.1) is 11.6 Å². The Morgan fingerprint density at radius 1 is 1.44 bits per heavy atom. The fraction of sp³-hybridized carbons (Fsp3) is 0.917. The quantitative estimate of drug-likeness (QED) is 0.670. The van der Waals surface area contributed by atoms with Gasteiger partial charge in [0.15, 0.2) is 0 Å². The molecule has 1 saturated carbocycles. The van der Waals surface area contributed by atoms with Gasteiger partial charge in [-0.1, -0.05) is 13.3 Å². The maximum Gasteiger partial charge on any atom is 0.240 e. The summed E-state index contributed by atoms with van der Waals surface area (Å²) in [5.41, 5.74) is 5.19. The highest BCUT2D eigenvalue weighted by Gasteiger charge is 2.30. The molecule has 1 fully saturated rings. The number of hydrogen-bond acceptors (Lipinski definition) is 3. The smallest absolute Gasteiger partial charge is 0.240 e. The third-order valence-electron chi connectivity index (χ3n) is 3.32. The lowest BCUT2D eigenvalue weighted by atomic mass is 9.91. The molecule has 0 bridgehead atoms. The van der Waals surface area contributed by atoms with Gasteiger partial charge in [-0.2, -0.15) is 0 Å². The van der Waals surface area contributed by atoms with Crippen molar-refractivity contribution in [1.29, 1.82) is 0 Å². The van der Waals surface area contributed by atoms with Crippen LogP contribution in [0.5, 0.6) is 0 Å². The van der Waals surface area contributed by atoms with Gasteiger partial charge in [0.1, 0.15) is 0 Å². The van der Waals surface area contributed by atoms with Crippen LogP contribution >= 0.6 is 0 Å². The molecule has 1 aliphatic carbocycles. The van der Waals surface area contributed by atoms with Crippen LogP contribution in [0, 0.1) is 0 Å². The summed E-state index contributed by atoms with van der Waals surface area (Å²) in [6, 6.07) is 0.190. The molecular weight excluding hydrogens is 204 g/mol. The van der Waals surface area contributed by atoms with Gasteiger partial charge in [-0.3, -0.25) is 4.79 Å². The molecule has 0 aromatic heterocycles. The summed E-state index contributed by atoms with van der Waals surface area (Å²) in [6.45, 7) is 3.80. The molecule has 0 saturated heterocycles. The Morgan fingerprint density at radius 3 is 2.50 bits per heavy atom. The SMILES string of the molecule is CCCC(C)(N)C(=O)NC1CCC(O)CC1. The molecule has 0 radical (unpaired) electrons. The molecule has 4 nitrogen and oxygen atoms in total. The van der Waals surface area contributed by atoms with Crippen molar-refractivity contribution in [3.05, 3.63) is 0 Å². The number of aliphatic hydroxyl groups excluding tert-OH is 1. The van der Waals surface area contributed by atoms with Gasteiger partial charge >= 0.3 is 0 Å². The summed E-state index contributed by atoms with van der Waals surface area (Å²) in [5.74, 6) is -0.0595. The first-order chi connectivity index (χ1) is 7.45. The van der Waals surface area contributed by atoms with E-state index in [1.807, 2.05) is 6.92 Å². The Labute approximate surface area is 97.6 Å². The highest BCUT2D eigenvalue weighted by atomic mass is 16.3. The highest BCUT2D eigenvalue weighted by molar-refractivity contribution is 5.85. The third-order valence-corrected chi connectivity index (χ3v) is 3.32. The zero-order chi connectivity index (χ0) is 12.2. The van der Waals surface area contributed by atoms with Crippen LogP contribution in [-0.2, 0) is 4.79 Å². The molecule has 94 valence electrons. The van der Waals surface area contributed by atoms with Crippen molar-refractivity contribution in [3.8, 4) is 0 Å². The van der Waals surface area contributed by atoms with Crippen molar-refractivity contribution in [2.24, 2.45) is 5.73 Å². The summed E-state index contributed by atoms with van der Waals surface area (Å²) in [4.78, 5) is 11.9. The first-order valence-corrected chi connectivity index (χ1v) is 6.23. The lowest BCUT2D eigenvalue weighted by molar-refractivity contribution is -0.127. The van der Waals surface area contributed by atoms with E-state index < -0.39 is 5.54 Å². The van der Waals surface area contributed by atoms with E-state index in [0.29, 0.717) is 6.42 Å². The van der Waals surface area contributed by atoms with Crippen LogP contribution in [0.3, 0.4) is 0 Å². The molecule has 4 N–H and O–H groups in total. The standard InChI is InChI=1S/C12H24N2O2/c1-3-8-12(2,13)11(16)14-9-4-6-10(15)7-5-9/h9-10,15H,3-8,13H2,1-2H3,(H,14,16). The molecule has 1 aliphatic rings. The minimum Gasteiger partial charge on any atom is -0.393 e. The van der Waals surface area contributed by atoms with E-state index in [9.17, 15) is 9.90 Å². The minimum absolute atomic E-state index is 0.0595. The third kappa shape index (κ3) is 3.76. The summed E-state index contributed by atoms with van der Waals surface area (Å²) in [7, 11) is 0. The fourth-order valence-corrected chi connectivity index (χ4v) is 2.20. The number of amides is 1. The predicted octanol–water partition coefficient (Wildman–Crippen LogP) is 0.924. The number of aliphatic hydroxyl groups is 1. The first kappa shape index (κ1) is 13.5. The zero-order valence-electron chi connectivity index (χ0n) is 10.3. The van der Waals surface area contributed by atoms with E-state index in [-0.39, 0.29) is 18.1 Å². The molecule has 0 aromatic carbocycles. The van der Waals surface area contributed by atoms with Gasteiger partial charge in [-0.05, 0) is 39.0 Å².